The molecule has 1 saturated carbocycles. The van der Waals surface area contributed by atoms with Crippen molar-refractivity contribution in [3.05, 3.63) is 0 Å². The molecule has 1 heterocycles. The van der Waals surface area contributed by atoms with Gasteiger partial charge in [-0.25, -0.2) is 0 Å². The molecule has 2 unspecified atom stereocenters. The van der Waals surface area contributed by atoms with Crippen LogP contribution in [0.25, 0.3) is 0 Å². The van der Waals surface area contributed by atoms with Crippen molar-refractivity contribution in [3.8, 4) is 0 Å². The van der Waals surface area contributed by atoms with Crippen LogP contribution in [0.3, 0.4) is 0 Å². The van der Waals surface area contributed by atoms with Crippen LogP contribution in [0.5, 0.6) is 0 Å². The molecule has 0 aromatic carbocycles. The van der Waals surface area contributed by atoms with Gasteiger partial charge in [-0.15, -0.1) is 0 Å². The van der Waals surface area contributed by atoms with Crippen LogP contribution < -0.4 is 0 Å². The van der Waals surface area contributed by atoms with Gasteiger partial charge < -0.3 is 0 Å². The van der Waals surface area contributed by atoms with Gasteiger partial charge in [0.15, 0.2) is 0 Å². The van der Waals surface area contributed by atoms with Gasteiger partial charge in [-0.2, -0.15) is 0 Å². The Balaban J connectivity index is 2.13. The Morgan fingerprint density at radius 2 is 1.90 bits per heavy atom. The molecule has 0 aromatic heterocycles. The number of fused-ring (bicyclic) bond motifs is 1. The average Bonchev–Trinajstić information content (AvgIpc) is 2.39. The topological polar surface area (TPSA) is 9.23 Å². The van der Waals surface area contributed by atoms with Crippen LogP contribution in [0, 0.1) is 11.8 Å². The molecule has 60 valence electrons. The molecule has 0 radical (unpaired) electrons. The SMILES string of the molecule is CP1(C)(C)CC2CC2CO1. The third-order valence-electron chi connectivity index (χ3n) is 2.69. The van der Waals surface area contributed by atoms with Crippen LogP contribution in [-0.2, 0) is 4.52 Å². The van der Waals surface area contributed by atoms with Gasteiger partial charge in [0.1, 0.15) is 0 Å². The molecule has 1 aliphatic carbocycles. The third kappa shape index (κ3) is 1.22. The molecule has 2 atom stereocenters. The molecule has 0 spiro atoms. The summed E-state index contributed by atoms with van der Waals surface area (Å²) in [7, 11) is 0. The predicted molar refractivity (Wildman–Crippen MR) is 47.1 cm³/mol. The van der Waals surface area contributed by atoms with E-state index < -0.39 is 6.83 Å². The second-order valence-electron chi connectivity index (χ2n) is 5.20. The fourth-order valence-electron chi connectivity index (χ4n) is 1.96. The van der Waals surface area contributed by atoms with Crippen molar-refractivity contribution in [3.63, 3.8) is 0 Å². The molecule has 2 rings (SSSR count). The summed E-state index contributed by atoms with van der Waals surface area (Å²) in [4.78, 5) is 0. The second-order valence-corrected chi connectivity index (χ2v) is 11.8. The van der Waals surface area contributed by atoms with E-state index in [1.165, 1.54) is 12.6 Å². The first kappa shape index (κ1) is 7.06. The third-order valence-corrected chi connectivity index (χ3v) is 5.51. The van der Waals surface area contributed by atoms with Gasteiger partial charge in [0, 0.05) is 0 Å². The Hall–Kier alpha value is 0.390. The van der Waals surface area contributed by atoms with Crippen molar-refractivity contribution in [2.45, 2.75) is 6.42 Å². The van der Waals surface area contributed by atoms with E-state index in [2.05, 4.69) is 20.0 Å². The monoisotopic (exact) mass is 160 g/mol. The molecule has 0 amide bonds. The molecule has 1 saturated heterocycles. The molecular weight excluding hydrogens is 143 g/mol. The van der Waals surface area contributed by atoms with Gasteiger partial charge in [0.2, 0.25) is 0 Å². The van der Waals surface area contributed by atoms with Crippen LogP contribution >= 0.6 is 6.83 Å². The molecular formula is C8H17OP. The molecule has 1 aliphatic heterocycles. The second kappa shape index (κ2) is 1.59. The van der Waals surface area contributed by atoms with Crippen LogP contribution in [0.4, 0.5) is 0 Å². The summed E-state index contributed by atoms with van der Waals surface area (Å²) >= 11 is 0. The van der Waals surface area contributed by atoms with Crippen LogP contribution in [0.15, 0.2) is 0 Å². The standard InChI is InChI=1S/C8H17OP/c1-10(2,3)6-8-4-7(8)5-9-10/h7-8H,4-6H2,1-3H3. The Morgan fingerprint density at radius 3 is 2.40 bits per heavy atom. The molecule has 2 heteroatoms. The quantitative estimate of drug-likeness (QED) is 0.492. The van der Waals surface area contributed by atoms with Crippen LogP contribution in [0.2, 0.25) is 0 Å². The van der Waals surface area contributed by atoms with E-state index >= 15 is 0 Å². The zero-order chi connectivity index (χ0) is 7.43. The Morgan fingerprint density at radius 1 is 1.20 bits per heavy atom. The molecule has 1 nitrogen and oxygen atoms in total. The summed E-state index contributed by atoms with van der Waals surface area (Å²) in [5, 5.41) is 0. The van der Waals surface area contributed by atoms with E-state index in [0.717, 1.165) is 18.4 Å². The number of hydrogen-bond acceptors (Lipinski definition) is 1. The predicted octanol–water partition coefficient (Wildman–Crippen LogP) is 2.01. The molecule has 0 bridgehead atoms. The number of hydrogen-bond donors (Lipinski definition) is 0. The normalized spacial score (nSPS) is 52.1. The van der Waals surface area contributed by atoms with Crippen molar-refractivity contribution in [1.82, 2.24) is 0 Å². The van der Waals surface area contributed by atoms with Crippen molar-refractivity contribution in [1.29, 1.82) is 0 Å². The van der Waals surface area contributed by atoms with E-state index in [4.69, 9.17) is 4.52 Å². The maximum atomic E-state index is 5.94. The van der Waals surface area contributed by atoms with Gasteiger partial charge in [0.05, 0.1) is 0 Å². The first-order valence-corrected chi connectivity index (χ1v) is 7.78. The minimum absolute atomic E-state index is 0.954. The van der Waals surface area contributed by atoms with E-state index in [1.807, 2.05) is 0 Å². The Labute approximate surface area is 63.2 Å². The average molecular weight is 160 g/mol. The fourth-order valence-corrected chi connectivity index (χ4v) is 4.86. The van der Waals surface area contributed by atoms with Gasteiger partial charge in [0.25, 0.3) is 0 Å². The van der Waals surface area contributed by atoms with E-state index in [1.54, 1.807) is 0 Å². The maximum absolute atomic E-state index is 5.94. The van der Waals surface area contributed by atoms with E-state index in [0.29, 0.717) is 0 Å². The van der Waals surface area contributed by atoms with Crippen LogP contribution in [0.1, 0.15) is 6.42 Å². The van der Waals surface area contributed by atoms with Crippen molar-refractivity contribution >= 4 is 6.83 Å². The Bertz CT molecular complexity index is 168. The zero-order valence-electron chi connectivity index (χ0n) is 7.13. The minimum atomic E-state index is -1.57. The summed E-state index contributed by atoms with van der Waals surface area (Å²) in [5.74, 6) is 2.00. The number of rotatable bonds is 0. The summed E-state index contributed by atoms with van der Waals surface area (Å²) in [5.41, 5.74) is 0. The van der Waals surface area contributed by atoms with Gasteiger partial charge in [-0.1, -0.05) is 0 Å². The molecule has 2 fully saturated rings. The van der Waals surface area contributed by atoms with E-state index in [9.17, 15) is 0 Å². The van der Waals surface area contributed by atoms with Crippen LogP contribution in [-0.4, -0.2) is 32.8 Å². The molecule has 2 aliphatic rings. The van der Waals surface area contributed by atoms with Gasteiger partial charge >= 0.3 is 62.4 Å². The summed E-state index contributed by atoms with van der Waals surface area (Å²) in [6, 6.07) is 0. The van der Waals surface area contributed by atoms with Crippen molar-refractivity contribution in [2.24, 2.45) is 11.8 Å². The van der Waals surface area contributed by atoms with Gasteiger partial charge in [-0.05, 0) is 0 Å². The molecule has 10 heavy (non-hydrogen) atoms. The summed E-state index contributed by atoms with van der Waals surface area (Å²) in [6.07, 6.45) is 2.84. The van der Waals surface area contributed by atoms with Crippen molar-refractivity contribution in [2.75, 3.05) is 32.8 Å². The Kier molecular flexibility index (Phi) is 1.12. The summed E-state index contributed by atoms with van der Waals surface area (Å²) in [6.45, 7) is 6.54. The van der Waals surface area contributed by atoms with E-state index in [-0.39, 0.29) is 0 Å². The zero-order valence-corrected chi connectivity index (χ0v) is 8.03. The van der Waals surface area contributed by atoms with Crippen molar-refractivity contribution < 1.29 is 4.52 Å². The molecule has 0 aromatic rings. The first-order valence-electron chi connectivity index (χ1n) is 4.10. The molecule has 0 N–H and O–H groups in total. The fraction of sp³-hybridized carbons (Fsp3) is 1.00. The van der Waals surface area contributed by atoms with Gasteiger partial charge in [-0.3, -0.25) is 0 Å². The summed E-state index contributed by atoms with van der Waals surface area (Å²) < 4.78 is 5.94. The first-order chi connectivity index (χ1) is 4.44.